The Balaban J connectivity index is 6.29. The lowest BCUT2D eigenvalue weighted by molar-refractivity contribution is 0.317. The van der Waals surface area contributed by atoms with Gasteiger partial charge in [-0.25, -0.2) is 0 Å². The van der Waals surface area contributed by atoms with E-state index in [1.807, 2.05) is 0 Å². The highest BCUT2D eigenvalue weighted by molar-refractivity contribution is 9.13. The second-order valence-electron chi connectivity index (χ2n) is 4.29. The van der Waals surface area contributed by atoms with Crippen LogP contribution in [0, 0.1) is 0 Å². The molecule has 0 saturated heterocycles. The van der Waals surface area contributed by atoms with Crippen LogP contribution in [0.1, 0.15) is 33.6 Å². The second-order valence-corrected chi connectivity index (χ2v) is 13.4. The minimum Gasteiger partial charge on any atom is -0.323 e. The molecule has 0 fully saturated rings. The van der Waals surface area contributed by atoms with Gasteiger partial charge in [0.15, 0.2) is 4.62 Å². The topological polar surface area (TPSA) is 57.5 Å². The first-order valence-electron chi connectivity index (χ1n) is 5.31. The van der Waals surface area contributed by atoms with Crippen LogP contribution in [0.4, 0.5) is 0 Å². The summed E-state index contributed by atoms with van der Waals surface area (Å²) in [6.45, 7) is 4.92. The monoisotopic (exact) mass is 544 g/mol. The quantitative estimate of drug-likeness (QED) is 0.329. The molecule has 0 heterocycles. The van der Waals surface area contributed by atoms with Gasteiger partial charge < -0.3 is 9.79 Å². The summed E-state index contributed by atoms with van der Waals surface area (Å²) >= 11 is 28.6. The minimum absolute atomic E-state index is 0.175. The summed E-state index contributed by atoms with van der Waals surface area (Å²) in [7, 11) is -4.83. The lowest BCUT2D eigenvalue weighted by Crippen LogP contribution is -2.61. The van der Waals surface area contributed by atoms with Gasteiger partial charge in [0, 0.05) is 0 Å². The van der Waals surface area contributed by atoms with Crippen LogP contribution in [-0.4, -0.2) is 26.3 Å². The molecule has 0 aromatic rings. The molecule has 3 nitrogen and oxygen atoms in total. The fourth-order valence-electron chi connectivity index (χ4n) is 1.64. The zero-order valence-corrected chi connectivity index (χ0v) is 18.4. The highest BCUT2D eigenvalue weighted by atomic mass is 79.9. The Morgan fingerprint density at radius 1 is 1.00 bits per heavy atom. The Morgan fingerprint density at radius 2 is 1.32 bits per heavy atom. The molecule has 0 bridgehead atoms. The third-order valence-corrected chi connectivity index (χ3v) is 13.1. The lowest BCUT2D eigenvalue weighted by atomic mass is 9.96. The highest BCUT2D eigenvalue weighted by Crippen LogP contribution is 2.73. The number of halogens is 6. The van der Waals surface area contributed by atoms with Crippen molar-refractivity contribution in [1.82, 2.24) is 0 Å². The molecule has 0 aliphatic carbocycles. The molecular weight excluding hydrogens is 533 g/mol. The summed E-state index contributed by atoms with van der Waals surface area (Å²) in [6.07, 6.45) is 0.530. The van der Waals surface area contributed by atoms with E-state index in [0.29, 0.717) is 6.42 Å². The molecule has 0 aromatic carbocycles. The summed E-state index contributed by atoms with van der Waals surface area (Å²) in [4.78, 5) is 19.5. The van der Waals surface area contributed by atoms with E-state index in [1.165, 1.54) is 6.92 Å². The van der Waals surface area contributed by atoms with Gasteiger partial charge in [-0.1, -0.05) is 61.6 Å². The maximum atomic E-state index is 12.0. The third-order valence-electron chi connectivity index (χ3n) is 3.08. The Morgan fingerprint density at radius 3 is 1.53 bits per heavy atom. The summed E-state index contributed by atoms with van der Waals surface area (Å²) in [6, 6.07) is 0. The zero-order valence-electron chi connectivity index (χ0n) is 10.4. The van der Waals surface area contributed by atoms with Crippen molar-refractivity contribution in [3.8, 4) is 0 Å². The molecule has 0 aliphatic rings. The fourth-order valence-corrected chi connectivity index (χ4v) is 7.38. The van der Waals surface area contributed by atoms with E-state index in [1.54, 1.807) is 13.8 Å². The van der Waals surface area contributed by atoms with Gasteiger partial charge in [0.2, 0.25) is 0 Å². The van der Waals surface area contributed by atoms with Crippen LogP contribution in [-0.2, 0) is 4.57 Å². The SMILES string of the molecule is CCC(Cl)(Br)C(C)(Br)C(Cl)(C(Cl)(Br)CC)P(=O)(O)O. The molecule has 4 atom stereocenters. The van der Waals surface area contributed by atoms with Crippen molar-refractivity contribution in [3.05, 3.63) is 0 Å². The molecule has 0 rings (SSSR count). The largest absolute Gasteiger partial charge is 0.350 e. The first-order valence-corrected chi connectivity index (χ1v) is 10.4. The summed E-state index contributed by atoms with van der Waals surface area (Å²) in [5.74, 6) is 0. The first kappa shape index (κ1) is 21.5. The molecule has 0 amide bonds. The van der Waals surface area contributed by atoms with E-state index in [4.69, 9.17) is 34.8 Å². The van der Waals surface area contributed by atoms with E-state index in [2.05, 4.69) is 47.8 Å². The van der Waals surface area contributed by atoms with Crippen LogP contribution in [0.5, 0.6) is 0 Å². The maximum absolute atomic E-state index is 12.0. The van der Waals surface area contributed by atoms with Gasteiger partial charge >= 0.3 is 7.60 Å². The van der Waals surface area contributed by atoms with Crippen LogP contribution < -0.4 is 0 Å². The van der Waals surface area contributed by atoms with E-state index in [0.717, 1.165) is 0 Å². The minimum atomic E-state index is -4.83. The maximum Gasteiger partial charge on any atom is 0.350 e. The molecule has 0 aliphatic heterocycles. The standard InChI is InChI=1S/C9H15Br3Cl3O3P/c1-4-7(11,13)6(3,10)9(15,19(16,17)18)8(12,14)5-2/h4-5H2,1-3H3,(H2,16,17,18). The van der Waals surface area contributed by atoms with Gasteiger partial charge in [-0.05, 0) is 19.8 Å². The van der Waals surface area contributed by atoms with Crippen molar-refractivity contribution < 1.29 is 14.4 Å². The third kappa shape index (κ3) is 3.53. The molecule has 116 valence electrons. The van der Waals surface area contributed by atoms with E-state index < -0.39 is 24.1 Å². The van der Waals surface area contributed by atoms with Crippen molar-refractivity contribution in [2.24, 2.45) is 0 Å². The predicted octanol–water partition coefficient (Wildman–Crippen LogP) is 5.73. The van der Waals surface area contributed by atoms with Crippen molar-refractivity contribution in [3.63, 3.8) is 0 Å². The normalized spacial score (nSPS) is 25.8. The molecule has 10 heteroatoms. The first-order chi connectivity index (χ1) is 8.12. The van der Waals surface area contributed by atoms with Gasteiger partial charge in [0.25, 0.3) is 0 Å². The molecular formula is C9H15Br3Cl3O3P. The van der Waals surface area contributed by atoms with Crippen LogP contribution in [0.25, 0.3) is 0 Å². The Kier molecular flexibility index (Phi) is 7.37. The van der Waals surface area contributed by atoms with Crippen molar-refractivity contribution in [1.29, 1.82) is 0 Å². The van der Waals surface area contributed by atoms with Gasteiger partial charge in [-0.3, -0.25) is 4.57 Å². The van der Waals surface area contributed by atoms with Crippen molar-refractivity contribution in [2.75, 3.05) is 0 Å². The Hall–Kier alpha value is 2.46. The van der Waals surface area contributed by atoms with E-state index in [9.17, 15) is 14.4 Å². The average molecular weight is 548 g/mol. The van der Waals surface area contributed by atoms with Crippen LogP contribution in [0.15, 0.2) is 0 Å². The summed E-state index contributed by atoms with van der Waals surface area (Å²) in [5.41, 5.74) is 0. The van der Waals surface area contributed by atoms with E-state index in [-0.39, 0.29) is 6.42 Å². The lowest BCUT2D eigenvalue weighted by Gasteiger charge is -2.51. The fraction of sp³-hybridized carbons (Fsp3) is 1.00. The smallest absolute Gasteiger partial charge is 0.323 e. The van der Waals surface area contributed by atoms with E-state index >= 15 is 0 Å². The van der Waals surface area contributed by atoms with Gasteiger partial charge in [0.05, 0.1) is 4.32 Å². The molecule has 0 aromatic heterocycles. The van der Waals surface area contributed by atoms with Crippen LogP contribution in [0.3, 0.4) is 0 Å². The summed E-state index contributed by atoms with van der Waals surface area (Å²) in [5, 5.41) is 0. The predicted molar refractivity (Wildman–Crippen MR) is 93.6 cm³/mol. The number of hydrogen-bond donors (Lipinski definition) is 2. The van der Waals surface area contributed by atoms with Gasteiger partial charge in [0.1, 0.15) is 7.57 Å². The van der Waals surface area contributed by atoms with Gasteiger partial charge in [-0.15, -0.1) is 34.8 Å². The Bertz CT molecular complexity index is 386. The van der Waals surface area contributed by atoms with Crippen molar-refractivity contribution in [2.45, 2.75) is 50.1 Å². The molecule has 0 saturated carbocycles. The molecule has 4 unspecified atom stereocenters. The number of hydrogen-bond acceptors (Lipinski definition) is 1. The Labute approximate surface area is 153 Å². The second kappa shape index (κ2) is 6.52. The summed E-state index contributed by atoms with van der Waals surface area (Å²) < 4.78 is 5.66. The number of rotatable bonds is 6. The average Bonchev–Trinajstić information content (AvgIpc) is 2.25. The number of alkyl halides is 6. The zero-order chi connectivity index (χ0) is 15.9. The molecule has 0 radical (unpaired) electrons. The highest BCUT2D eigenvalue weighted by Gasteiger charge is 2.72. The molecule has 0 spiro atoms. The van der Waals surface area contributed by atoms with Crippen LogP contribution in [0.2, 0.25) is 0 Å². The van der Waals surface area contributed by atoms with Gasteiger partial charge in [-0.2, -0.15) is 0 Å². The molecule has 2 N–H and O–H groups in total. The molecule has 19 heavy (non-hydrogen) atoms. The van der Waals surface area contributed by atoms with Crippen LogP contribution >= 0.6 is 90.2 Å². The van der Waals surface area contributed by atoms with Crippen molar-refractivity contribution >= 4 is 90.2 Å².